The molecule has 2 aromatic rings. The summed E-state index contributed by atoms with van der Waals surface area (Å²) in [5.74, 6) is 0.176. The number of aryl methyl sites for hydroxylation is 1. The molecular formula is C14H13BClFO3. The molecule has 0 aliphatic carbocycles. The molecule has 20 heavy (non-hydrogen) atoms. The van der Waals surface area contributed by atoms with Crippen LogP contribution in [0, 0.1) is 12.7 Å². The molecule has 0 bridgehead atoms. The van der Waals surface area contributed by atoms with Gasteiger partial charge in [0.1, 0.15) is 18.2 Å². The number of benzene rings is 2. The molecule has 104 valence electrons. The third-order valence-electron chi connectivity index (χ3n) is 2.92. The summed E-state index contributed by atoms with van der Waals surface area (Å²) in [5, 5.41) is 18.7. The second-order valence-electron chi connectivity index (χ2n) is 4.42. The molecule has 0 aliphatic rings. The monoisotopic (exact) mass is 294 g/mol. The van der Waals surface area contributed by atoms with Crippen molar-refractivity contribution >= 4 is 24.2 Å². The summed E-state index contributed by atoms with van der Waals surface area (Å²) >= 11 is 5.95. The maximum absolute atomic E-state index is 13.1. The van der Waals surface area contributed by atoms with Crippen LogP contribution in [0.5, 0.6) is 5.75 Å². The van der Waals surface area contributed by atoms with Crippen LogP contribution in [0.1, 0.15) is 11.1 Å². The highest BCUT2D eigenvalue weighted by Gasteiger charge is 2.14. The van der Waals surface area contributed by atoms with Crippen LogP contribution in [-0.4, -0.2) is 17.2 Å². The Morgan fingerprint density at radius 3 is 2.60 bits per heavy atom. The first kappa shape index (κ1) is 14.8. The highest BCUT2D eigenvalue weighted by atomic mass is 35.5. The SMILES string of the molecule is Cc1cc(OCc2cc(F)ccc2Cl)ccc1B(O)O. The van der Waals surface area contributed by atoms with Gasteiger partial charge < -0.3 is 14.8 Å². The summed E-state index contributed by atoms with van der Waals surface area (Å²) in [7, 11) is -1.51. The molecule has 2 rings (SSSR count). The van der Waals surface area contributed by atoms with E-state index in [0.29, 0.717) is 27.4 Å². The van der Waals surface area contributed by atoms with E-state index in [0.717, 1.165) is 0 Å². The fraction of sp³-hybridized carbons (Fsp3) is 0.143. The highest BCUT2D eigenvalue weighted by molar-refractivity contribution is 6.59. The molecule has 0 fully saturated rings. The van der Waals surface area contributed by atoms with Crippen LogP contribution in [0.2, 0.25) is 5.02 Å². The predicted octanol–water partition coefficient (Wildman–Crippen LogP) is 2.05. The Bertz CT molecular complexity index is 619. The van der Waals surface area contributed by atoms with E-state index in [1.807, 2.05) is 0 Å². The van der Waals surface area contributed by atoms with Gasteiger partial charge in [0.2, 0.25) is 0 Å². The minimum Gasteiger partial charge on any atom is -0.489 e. The van der Waals surface area contributed by atoms with E-state index >= 15 is 0 Å². The lowest BCUT2D eigenvalue weighted by atomic mass is 9.77. The van der Waals surface area contributed by atoms with Gasteiger partial charge in [0.25, 0.3) is 0 Å². The third-order valence-corrected chi connectivity index (χ3v) is 3.29. The molecule has 0 atom stereocenters. The fourth-order valence-corrected chi connectivity index (χ4v) is 2.01. The zero-order valence-electron chi connectivity index (χ0n) is 10.8. The van der Waals surface area contributed by atoms with Gasteiger partial charge in [0.05, 0.1) is 0 Å². The number of rotatable bonds is 4. The topological polar surface area (TPSA) is 49.7 Å². The third kappa shape index (κ3) is 3.51. The smallest absolute Gasteiger partial charge is 0.488 e. The van der Waals surface area contributed by atoms with Gasteiger partial charge in [0, 0.05) is 10.6 Å². The van der Waals surface area contributed by atoms with Gasteiger partial charge in [-0.2, -0.15) is 0 Å². The van der Waals surface area contributed by atoms with Crippen LogP contribution in [0.3, 0.4) is 0 Å². The molecule has 0 saturated heterocycles. The van der Waals surface area contributed by atoms with Crippen LogP contribution in [0.15, 0.2) is 36.4 Å². The Hall–Kier alpha value is -1.56. The van der Waals surface area contributed by atoms with Crippen molar-refractivity contribution in [3.63, 3.8) is 0 Å². The molecule has 0 heterocycles. The van der Waals surface area contributed by atoms with E-state index < -0.39 is 7.12 Å². The van der Waals surface area contributed by atoms with E-state index in [4.69, 9.17) is 26.4 Å². The summed E-state index contributed by atoms with van der Waals surface area (Å²) < 4.78 is 18.6. The van der Waals surface area contributed by atoms with Crippen molar-refractivity contribution in [2.24, 2.45) is 0 Å². The zero-order valence-corrected chi connectivity index (χ0v) is 11.6. The summed E-state index contributed by atoms with van der Waals surface area (Å²) in [6.07, 6.45) is 0. The van der Waals surface area contributed by atoms with Crippen molar-refractivity contribution in [1.29, 1.82) is 0 Å². The molecular weight excluding hydrogens is 281 g/mol. The van der Waals surface area contributed by atoms with Crippen LogP contribution < -0.4 is 10.2 Å². The van der Waals surface area contributed by atoms with Gasteiger partial charge in [-0.15, -0.1) is 0 Å². The first-order valence-electron chi connectivity index (χ1n) is 6.01. The van der Waals surface area contributed by atoms with Gasteiger partial charge in [0.15, 0.2) is 0 Å². The average Bonchev–Trinajstić information content (AvgIpc) is 2.39. The summed E-state index contributed by atoms with van der Waals surface area (Å²) in [4.78, 5) is 0. The van der Waals surface area contributed by atoms with Crippen molar-refractivity contribution in [3.05, 3.63) is 58.4 Å². The van der Waals surface area contributed by atoms with E-state index in [9.17, 15) is 4.39 Å². The van der Waals surface area contributed by atoms with Crippen LogP contribution in [-0.2, 0) is 6.61 Å². The second kappa shape index (κ2) is 6.26. The molecule has 0 spiro atoms. The van der Waals surface area contributed by atoms with Gasteiger partial charge in [-0.3, -0.25) is 0 Å². The maximum atomic E-state index is 13.1. The van der Waals surface area contributed by atoms with Gasteiger partial charge in [-0.05, 0) is 48.3 Å². The largest absolute Gasteiger partial charge is 0.489 e. The molecule has 0 amide bonds. The lowest BCUT2D eigenvalue weighted by molar-refractivity contribution is 0.305. The average molecular weight is 295 g/mol. The van der Waals surface area contributed by atoms with Crippen LogP contribution in [0.25, 0.3) is 0 Å². The van der Waals surface area contributed by atoms with E-state index in [2.05, 4.69) is 0 Å². The number of halogens is 2. The lowest BCUT2D eigenvalue weighted by Gasteiger charge is -2.10. The Morgan fingerprint density at radius 2 is 1.95 bits per heavy atom. The highest BCUT2D eigenvalue weighted by Crippen LogP contribution is 2.20. The molecule has 3 nitrogen and oxygen atoms in total. The molecule has 0 saturated carbocycles. The molecule has 6 heteroatoms. The second-order valence-corrected chi connectivity index (χ2v) is 4.82. The van der Waals surface area contributed by atoms with Crippen molar-refractivity contribution in [1.82, 2.24) is 0 Å². The van der Waals surface area contributed by atoms with Gasteiger partial charge >= 0.3 is 7.12 Å². The predicted molar refractivity (Wildman–Crippen MR) is 76.7 cm³/mol. The van der Waals surface area contributed by atoms with Gasteiger partial charge in [-0.25, -0.2) is 4.39 Å². The van der Waals surface area contributed by atoms with Gasteiger partial charge in [-0.1, -0.05) is 17.7 Å². The molecule has 0 aromatic heterocycles. The standard InChI is InChI=1S/C14H13BClFO3/c1-9-6-12(3-4-13(9)15(18)19)20-8-10-7-11(17)2-5-14(10)16/h2-7,18-19H,8H2,1H3. The number of hydrogen-bond acceptors (Lipinski definition) is 3. The Morgan fingerprint density at radius 1 is 1.20 bits per heavy atom. The molecule has 2 aromatic carbocycles. The number of ether oxygens (including phenoxy) is 1. The summed E-state index contributed by atoms with van der Waals surface area (Å²) in [6.45, 7) is 1.88. The molecule has 2 N–H and O–H groups in total. The van der Waals surface area contributed by atoms with E-state index in [1.54, 1.807) is 25.1 Å². The summed E-state index contributed by atoms with van der Waals surface area (Å²) in [5.41, 5.74) is 1.67. The Kier molecular flexibility index (Phi) is 4.65. The van der Waals surface area contributed by atoms with Crippen molar-refractivity contribution in [3.8, 4) is 5.75 Å². The molecule has 0 radical (unpaired) electrons. The van der Waals surface area contributed by atoms with E-state index in [1.165, 1.54) is 18.2 Å². The minimum absolute atomic E-state index is 0.136. The Labute approximate surface area is 121 Å². The number of hydrogen-bond donors (Lipinski definition) is 2. The van der Waals surface area contributed by atoms with Crippen molar-refractivity contribution in [2.45, 2.75) is 13.5 Å². The maximum Gasteiger partial charge on any atom is 0.488 e. The minimum atomic E-state index is -1.51. The quantitative estimate of drug-likeness (QED) is 0.849. The zero-order chi connectivity index (χ0) is 14.7. The van der Waals surface area contributed by atoms with Crippen LogP contribution >= 0.6 is 11.6 Å². The first-order valence-corrected chi connectivity index (χ1v) is 6.38. The lowest BCUT2D eigenvalue weighted by Crippen LogP contribution is -2.31. The summed E-state index contributed by atoms with van der Waals surface area (Å²) in [6, 6.07) is 8.96. The fourth-order valence-electron chi connectivity index (χ4n) is 1.84. The molecule has 0 unspecified atom stereocenters. The Balaban J connectivity index is 2.11. The van der Waals surface area contributed by atoms with Crippen molar-refractivity contribution < 1.29 is 19.2 Å². The molecule has 0 aliphatic heterocycles. The van der Waals surface area contributed by atoms with Crippen LogP contribution in [0.4, 0.5) is 4.39 Å². The van der Waals surface area contributed by atoms with Crippen molar-refractivity contribution in [2.75, 3.05) is 0 Å². The van der Waals surface area contributed by atoms with E-state index in [-0.39, 0.29) is 12.4 Å². The normalized spacial score (nSPS) is 10.4. The first-order chi connectivity index (χ1) is 9.47.